The predicted octanol–water partition coefficient (Wildman–Crippen LogP) is 3.88. The maximum Gasteiger partial charge on any atom is 0.262 e. The molecule has 1 N–H and O–H groups in total. The van der Waals surface area contributed by atoms with Crippen molar-refractivity contribution in [2.24, 2.45) is 0 Å². The van der Waals surface area contributed by atoms with Crippen molar-refractivity contribution in [3.8, 4) is 0 Å². The molecule has 2 rings (SSSR count). The summed E-state index contributed by atoms with van der Waals surface area (Å²) in [4.78, 5) is 3.87. The summed E-state index contributed by atoms with van der Waals surface area (Å²) in [5.74, 6) is 0. The first-order valence-electron chi connectivity index (χ1n) is 6.74. The SMILES string of the molecule is CCCCc1ccc(NS(=O)(=O)c2ccnc(Cl)c2)cc1. The highest BCUT2D eigenvalue weighted by Crippen LogP contribution is 2.18. The van der Waals surface area contributed by atoms with E-state index >= 15 is 0 Å². The molecule has 1 aromatic carbocycles. The van der Waals surface area contributed by atoms with E-state index in [1.807, 2.05) is 12.1 Å². The monoisotopic (exact) mass is 324 g/mol. The Morgan fingerprint density at radius 3 is 2.52 bits per heavy atom. The first kappa shape index (κ1) is 15.8. The Hall–Kier alpha value is -1.59. The largest absolute Gasteiger partial charge is 0.280 e. The highest BCUT2D eigenvalue weighted by molar-refractivity contribution is 7.92. The zero-order valence-corrected chi connectivity index (χ0v) is 13.3. The predicted molar refractivity (Wildman–Crippen MR) is 85.1 cm³/mol. The van der Waals surface area contributed by atoms with Crippen LogP contribution in [-0.4, -0.2) is 13.4 Å². The number of sulfonamides is 1. The van der Waals surface area contributed by atoms with E-state index in [9.17, 15) is 8.42 Å². The molecule has 2 aromatic rings. The number of pyridine rings is 1. The number of hydrogen-bond donors (Lipinski definition) is 1. The average Bonchev–Trinajstić information content (AvgIpc) is 2.46. The van der Waals surface area contributed by atoms with Gasteiger partial charge in [-0.2, -0.15) is 0 Å². The first-order valence-corrected chi connectivity index (χ1v) is 8.60. The van der Waals surface area contributed by atoms with Crippen LogP contribution in [0.1, 0.15) is 25.3 Å². The van der Waals surface area contributed by atoms with E-state index in [1.54, 1.807) is 12.1 Å². The fraction of sp³-hybridized carbons (Fsp3) is 0.267. The lowest BCUT2D eigenvalue weighted by Gasteiger charge is -2.09. The molecule has 1 heterocycles. The first-order chi connectivity index (χ1) is 10.0. The topological polar surface area (TPSA) is 59.1 Å². The highest BCUT2D eigenvalue weighted by Gasteiger charge is 2.14. The van der Waals surface area contributed by atoms with Crippen LogP contribution < -0.4 is 4.72 Å². The lowest BCUT2D eigenvalue weighted by molar-refractivity contribution is 0.601. The number of unbranched alkanes of at least 4 members (excludes halogenated alkanes) is 1. The van der Waals surface area contributed by atoms with Crippen molar-refractivity contribution in [1.29, 1.82) is 0 Å². The Morgan fingerprint density at radius 2 is 1.90 bits per heavy atom. The van der Waals surface area contributed by atoms with Crippen LogP contribution in [0.4, 0.5) is 5.69 Å². The van der Waals surface area contributed by atoms with Crippen molar-refractivity contribution in [1.82, 2.24) is 4.98 Å². The van der Waals surface area contributed by atoms with Crippen LogP contribution in [-0.2, 0) is 16.4 Å². The molecule has 0 spiro atoms. The molecule has 4 nitrogen and oxygen atoms in total. The zero-order valence-electron chi connectivity index (χ0n) is 11.7. The summed E-state index contributed by atoms with van der Waals surface area (Å²) in [5, 5.41) is 0.146. The minimum atomic E-state index is -3.64. The van der Waals surface area contributed by atoms with Gasteiger partial charge in [0.2, 0.25) is 0 Å². The van der Waals surface area contributed by atoms with Gasteiger partial charge in [0.05, 0.1) is 4.90 Å². The lowest BCUT2D eigenvalue weighted by Crippen LogP contribution is -2.13. The third-order valence-corrected chi connectivity index (χ3v) is 4.62. The lowest BCUT2D eigenvalue weighted by atomic mass is 10.1. The van der Waals surface area contributed by atoms with Crippen LogP contribution in [0.25, 0.3) is 0 Å². The Kier molecular flexibility index (Phi) is 5.20. The number of rotatable bonds is 6. The quantitative estimate of drug-likeness (QED) is 0.820. The van der Waals surface area contributed by atoms with Crippen LogP contribution >= 0.6 is 11.6 Å². The maximum absolute atomic E-state index is 12.2. The van der Waals surface area contributed by atoms with E-state index in [1.165, 1.54) is 23.9 Å². The molecule has 0 saturated heterocycles. The summed E-state index contributed by atoms with van der Waals surface area (Å²) in [6.07, 6.45) is 4.63. The van der Waals surface area contributed by atoms with E-state index in [-0.39, 0.29) is 10.0 Å². The van der Waals surface area contributed by atoms with Crippen LogP contribution in [0.3, 0.4) is 0 Å². The molecule has 0 unspecified atom stereocenters. The number of aromatic nitrogens is 1. The van der Waals surface area contributed by atoms with Gasteiger partial charge in [-0.3, -0.25) is 4.72 Å². The van der Waals surface area contributed by atoms with Crippen molar-refractivity contribution in [3.05, 3.63) is 53.3 Å². The van der Waals surface area contributed by atoms with Gasteiger partial charge in [0.25, 0.3) is 10.0 Å². The van der Waals surface area contributed by atoms with Gasteiger partial charge in [-0.25, -0.2) is 13.4 Å². The molecular formula is C15H17ClN2O2S. The van der Waals surface area contributed by atoms with Crippen molar-refractivity contribution in [2.75, 3.05) is 4.72 Å². The standard InChI is InChI=1S/C15H17ClN2O2S/c1-2-3-4-12-5-7-13(8-6-12)18-21(19,20)14-9-10-17-15(16)11-14/h5-11,18H,2-4H2,1H3. The zero-order chi connectivity index (χ0) is 15.3. The van der Waals surface area contributed by atoms with E-state index in [0.29, 0.717) is 5.69 Å². The maximum atomic E-state index is 12.2. The van der Waals surface area contributed by atoms with Gasteiger partial charge in [0.15, 0.2) is 0 Å². The minimum absolute atomic E-state index is 0.0950. The second-order valence-corrected chi connectivity index (χ2v) is 6.79. The minimum Gasteiger partial charge on any atom is -0.280 e. The molecule has 21 heavy (non-hydrogen) atoms. The van der Waals surface area contributed by atoms with Gasteiger partial charge < -0.3 is 0 Å². The van der Waals surface area contributed by atoms with Crippen LogP contribution in [0.5, 0.6) is 0 Å². The molecule has 1 aromatic heterocycles. The number of halogens is 1. The van der Waals surface area contributed by atoms with Crippen molar-refractivity contribution in [2.45, 2.75) is 31.1 Å². The second-order valence-electron chi connectivity index (χ2n) is 4.72. The Bertz CT molecular complexity index is 700. The summed E-state index contributed by atoms with van der Waals surface area (Å²) >= 11 is 5.72. The molecule has 0 saturated carbocycles. The molecule has 0 fully saturated rings. The summed E-state index contributed by atoms with van der Waals surface area (Å²) in [5.41, 5.74) is 1.73. The van der Waals surface area contributed by atoms with Gasteiger partial charge in [0.1, 0.15) is 5.15 Å². The van der Waals surface area contributed by atoms with Gasteiger partial charge >= 0.3 is 0 Å². The Balaban J connectivity index is 2.13. The molecule has 0 bridgehead atoms. The average molecular weight is 325 g/mol. The van der Waals surface area contributed by atoms with E-state index in [2.05, 4.69) is 16.6 Å². The smallest absolute Gasteiger partial charge is 0.262 e. The summed E-state index contributed by atoms with van der Waals surface area (Å²) < 4.78 is 27.0. The van der Waals surface area contributed by atoms with Gasteiger partial charge in [0, 0.05) is 11.9 Å². The molecular weight excluding hydrogens is 308 g/mol. The Morgan fingerprint density at radius 1 is 1.19 bits per heavy atom. The van der Waals surface area contributed by atoms with Gasteiger partial charge in [-0.1, -0.05) is 37.1 Å². The Labute approximate surface area is 130 Å². The molecule has 0 aliphatic heterocycles. The third kappa shape index (κ3) is 4.44. The fourth-order valence-electron chi connectivity index (χ4n) is 1.89. The molecule has 0 aliphatic rings. The van der Waals surface area contributed by atoms with Crippen molar-refractivity contribution < 1.29 is 8.42 Å². The molecule has 0 atom stereocenters. The number of nitrogens with zero attached hydrogens (tertiary/aromatic N) is 1. The summed E-state index contributed by atoms with van der Waals surface area (Å²) in [6.45, 7) is 2.14. The molecule has 0 radical (unpaired) electrons. The fourth-order valence-corrected chi connectivity index (χ4v) is 3.20. The summed E-state index contributed by atoms with van der Waals surface area (Å²) in [6, 6.07) is 10.1. The molecule has 6 heteroatoms. The van der Waals surface area contributed by atoms with E-state index < -0.39 is 10.0 Å². The number of hydrogen-bond acceptors (Lipinski definition) is 3. The number of nitrogens with one attached hydrogen (secondary N) is 1. The summed E-state index contributed by atoms with van der Waals surface area (Å²) in [7, 11) is -3.64. The van der Waals surface area contributed by atoms with Crippen LogP contribution in [0, 0.1) is 0 Å². The highest BCUT2D eigenvalue weighted by atomic mass is 35.5. The van der Waals surface area contributed by atoms with Gasteiger partial charge in [-0.15, -0.1) is 0 Å². The number of anilines is 1. The normalized spacial score (nSPS) is 11.3. The van der Waals surface area contributed by atoms with Crippen LogP contribution in [0.15, 0.2) is 47.5 Å². The molecule has 0 amide bonds. The van der Waals surface area contributed by atoms with Crippen molar-refractivity contribution >= 4 is 27.3 Å². The molecule has 0 aliphatic carbocycles. The number of benzene rings is 1. The van der Waals surface area contributed by atoms with E-state index in [0.717, 1.165) is 19.3 Å². The third-order valence-electron chi connectivity index (χ3n) is 3.03. The second kappa shape index (κ2) is 6.91. The van der Waals surface area contributed by atoms with Crippen molar-refractivity contribution in [3.63, 3.8) is 0 Å². The van der Waals surface area contributed by atoms with Gasteiger partial charge in [-0.05, 0) is 42.7 Å². The number of aryl methyl sites for hydroxylation is 1. The van der Waals surface area contributed by atoms with E-state index in [4.69, 9.17) is 11.6 Å². The molecule has 112 valence electrons. The van der Waals surface area contributed by atoms with Crippen LogP contribution in [0.2, 0.25) is 5.15 Å².